The van der Waals surface area contributed by atoms with Crippen LogP contribution in [0.25, 0.3) is 0 Å². The van der Waals surface area contributed by atoms with Crippen LogP contribution in [0.1, 0.15) is 56.2 Å². The Morgan fingerprint density at radius 2 is 1.87 bits per heavy atom. The largest absolute Gasteiger partial charge is 0.379 e. The normalized spacial score (nSPS) is 20.3. The van der Waals surface area contributed by atoms with E-state index < -0.39 is 0 Å². The Labute approximate surface area is 183 Å². The molecule has 8 heteroatoms. The average molecular weight is 435 g/mol. The van der Waals surface area contributed by atoms with E-state index in [1.165, 1.54) is 30.2 Å². The lowest BCUT2D eigenvalue weighted by atomic mass is 9.97. The molecule has 0 unspecified atom stereocenters. The molecule has 1 saturated heterocycles. The van der Waals surface area contributed by atoms with E-state index in [0.29, 0.717) is 11.8 Å². The smallest absolute Gasteiger partial charge is 0.348 e. The van der Waals surface area contributed by atoms with E-state index in [2.05, 4.69) is 15.2 Å². The number of rotatable bonds is 8. The molecule has 166 valence electrons. The quantitative estimate of drug-likeness (QED) is 0.498. The number of nitrogens with one attached hydrogen (secondary N) is 1. The van der Waals surface area contributed by atoms with Crippen LogP contribution in [0, 0.1) is 0 Å². The van der Waals surface area contributed by atoms with Crippen LogP contribution in [0.15, 0.2) is 9.82 Å². The molecule has 2 aliphatic carbocycles. The molecule has 30 heavy (non-hydrogen) atoms. The number of carbonyl (C=O) groups is 1. The van der Waals surface area contributed by atoms with Crippen LogP contribution in [0.3, 0.4) is 0 Å². The average Bonchev–Trinajstić information content (AvgIpc) is 3.27. The maximum atomic E-state index is 12.8. The minimum absolute atomic E-state index is 0.0629. The van der Waals surface area contributed by atoms with Crippen LogP contribution in [0.2, 0.25) is 0 Å². The summed E-state index contributed by atoms with van der Waals surface area (Å²) in [5, 5.41) is 3.91. The van der Waals surface area contributed by atoms with Crippen molar-refractivity contribution in [3.05, 3.63) is 21.7 Å². The van der Waals surface area contributed by atoms with Crippen LogP contribution in [-0.2, 0) is 28.9 Å². The summed E-state index contributed by atoms with van der Waals surface area (Å²) in [7, 11) is 0. The molecule has 1 aliphatic heterocycles. The van der Waals surface area contributed by atoms with Gasteiger partial charge in [-0.2, -0.15) is 4.98 Å². The van der Waals surface area contributed by atoms with Gasteiger partial charge in [0.05, 0.1) is 19.0 Å². The molecular formula is C22H34N4O3S. The first-order valence-corrected chi connectivity index (χ1v) is 12.5. The van der Waals surface area contributed by atoms with Gasteiger partial charge in [-0.3, -0.25) is 14.3 Å². The molecule has 1 saturated carbocycles. The lowest BCUT2D eigenvalue weighted by Gasteiger charge is -2.27. The van der Waals surface area contributed by atoms with Gasteiger partial charge in [0.1, 0.15) is 5.03 Å². The summed E-state index contributed by atoms with van der Waals surface area (Å²) in [6, 6.07) is 0.333. The van der Waals surface area contributed by atoms with Crippen LogP contribution in [-0.4, -0.2) is 65.0 Å². The third kappa shape index (κ3) is 5.65. The summed E-state index contributed by atoms with van der Waals surface area (Å²) in [6.45, 7) is 5.27. The zero-order valence-corrected chi connectivity index (χ0v) is 18.7. The number of amides is 1. The SMILES string of the molecule is O=C(CSc1nc(=O)n(CCCN2CCOCC2)c2c1CCCC2)NC1CCCC1. The number of carbonyl (C=O) groups excluding carboxylic acids is 1. The van der Waals surface area contributed by atoms with Crippen molar-refractivity contribution in [3.8, 4) is 0 Å². The number of hydrogen-bond acceptors (Lipinski definition) is 6. The third-order valence-corrected chi connectivity index (χ3v) is 7.49. The lowest BCUT2D eigenvalue weighted by molar-refractivity contribution is -0.119. The molecule has 0 atom stereocenters. The second-order valence-electron chi connectivity index (χ2n) is 8.63. The number of nitrogens with zero attached hydrogens (tertiary/aromatic N) is 3. The van der Waals surface area contributed by atoms with Gasteiger partial charge in [0.15, 0.2) is 0 Å². The fraction of sp³-hybridized carbons (Fsp3) is 0.773. The van der Waals surface area contributed by atoms with Crippen molar-refractivity contribution in [3.63, 3.8) is 0 Å². The Hall–Kier alpha value is -1.38. The molecule has 1 aromatic heterocycles. The van der Waals surface area contributed by atoms with E-state index in [1.807, 2.05) is 4.57 Å². The standard InChI is InChI=1S/C22H34N4O3S/c27-20(23-17-6-1-2-7-17)16-30-21-18-8-3-4-9-19(18)26(22(28)24-21)11-5-10-25-12-14-29-15-13-25/h17H,1-16H2,(H,23,27). The first-order chi connectivity index (χ1) is 14.7. The van der Waals surface area contributed by atoms with Crippen molar-refractivity contribution in [1.82, 2.24) is 19.8 Å². The molecule has 1 N–H and O–H groups in total. The van der Waals surface area contributed by atoms with Gasteiger partial charge in [-0.15, -0.1) is 0 Å². The Kier molecular flexibility index (Phi) is 7.84. The molecule has 1 amide bonds. The highest BCUT2D eigenvalue weighted by Crippen LogP contribution is 2.28. The van der Waals surface area contributed by atoms with Crippen LogP contribution in [0.4, 0.5) is 0 Å². The Balaban J connectivity index is 1.39. The van der Waals surface area contributed by atoms with Crippen molar-refractivity contribution in [2.45, 2.75) is 75.4 Å². The molecule has 4 rings (SSSR count). The number of fused-ring (bicyclic) bond motifs is 1. The molecule has 0 bridgehead atoms. The molecule has 2 fully saturated rings. The summed E-state index contributed by atoms with van der Waals surface area (Å²) in [6.07, 6.45) is 9.67. The predicted octanol–water partition coefficient (Wildman–Crippen LogP) is 2.00. The van der Waals surface area contributed by atoms with Crippen molar-refractivity contribution >= 4 is 17.7 Å². The van der Waals surface area contributed by atoms with Gasteiger partial charge >= 0.3 is 5.69 Å². The number of aromatic nitrogens is 2. The van der Waals surface area contributed by atoms with E-state index in [-0.39, 0.29) is 11.6 Å². The van der Waals surface area contributed by atoms with Gasteiger partial charge in [-0.25, -0.2) is 4.79 Å². The van der Waals surface area contributed by atoms with E-state index in [9.17, 15) is 9.59 Å². The minimum Gasteiger partial charge on any atom is -0.379 e. The first kappa shape index (κ1) is 21.8. The lowest BCUT2D eigenvalue weighted by Crippen LogP contribution is -2.38. The zero-order valence-electron chi connectivity index (χ0n) is 17.9. The van der Waals surface area contributed by atoms with Crippen molar-refractivity contribution in [2.75, 3.05) is 38.6 Å². The highest BCUT2D eigenvalue weighted by atomic mass is 32.2. The van der Waals surface area contributed by atoms with Gasteiger partial charge in [-0.05, 0) is 44.9 Å². The molecule has 7 nitrogen and oxygen atoms in total. The fourth-order valence-electron chi connectivity index (χ4n) is 4.85. The van der Waals surface area contributed by atoms with Crippen LogP contribution < -0.4 is 11.0 Å². The summed E-state index contributed by atoms with van der Waals surface area (Å²) in [5.41, 5.74) is 2.20. The van der Waals surface area contributed by atoms with Gasteiger partial charge < -0.3 is 10.1 Å². The fourth-order valence-corrected chi connectivity index (χ4v) is 5.74. The third-order valence-electron chi connectivity index (χ3n) is 6.47. The molecular weight excluding hydrogens is 400 g/mol. The Morgan fingerprint density at radius 3 is 2.67 bits per heavy atom. The highest BCUT2D eigenvalue weighted by Gasteiger charge is 2.22. The molecule has 1 aromatic rings. The first-order valence-electron chi connectivity index (χ1n) is 11.6. The molecule has 3 aliphatic rings. The second kappa shape index (κ2) is 10.8. The Morgan fingerprint density at radius 1 is 1.10 bits per heavy atom. The van der Waals surface area contributed by atoms with Gasteiger partial charge in [0, 0.05) is 43.5 Å². The summed E-state index contributed by atoms with van der Waals surface area (Å²) < 4.78 is 7.31. The maximum absolute atomic E-state index is 12.8. The van der Waals surface area contributed by atoms with E-state index in [0.717, 1.165) is 95.1 Å². The van der Waals surface area contributed by atoms with Crippen LogP contribution in [0.5, 0.6) is 0 Å². The number of hydrogen-bond donors (Lipinski definition) is 1. The zero-order chi connectivity index (χ0) is 20.8. The summed E-state index contributed by atoms with van der Waals surface area (Å²) >= 11 is 1.44. The molecule has 2 heterocycles. The molecule has 0 spiro atoms. The molecule has 0 aromatic carbocycles. The van der Waals surface area contributed by atoms with Gasteiger partial charge in [0.25, 0.3) is 0 Å². The Bertz CT molecular complexity index is 785. The predicted molar refractivity (Wildman–Crippen MR) is 118 cm³/mol. The number of morpholine rings is 1. The van der Waals surface area contributed by atoms with E-state index in [4.69, 9.17) is 4.74 Å². The van der Waals surface area contributed by atoms with Gasteiger partial charge in [0.2, 0.25) is 5.91 Å². The topological polar surface area (TPSA) is 76.5 Å². The summed E-state index contributed by atoms with van der Waals surface area (Å²) in [4.78, 5) is 32.0. The minimum atomic E-state index is -0.156. The molecule has 0 radical (unpaired) electrons. The van der Waals surface area contributed by atoms with Gasteiger partial charge in [-0.1, -0.05) is 24.6 Å². The monoisotopic (exact) mass is 434 g/mol. The van der Waals surface area contributed by atoms with Crippen molar-refractivity contribution in [1.29, 1.82) is 0 Å². The second-order valence-corrected chi connectivity index (χ2v) is 9.59. The number of thioether (sulfide) groups is 1. The highest BCUT2D eigenvalue weighted by molar-refractivity contribution is 7.99. The van der Waals surface area contributed by atoms with Crippen molar-refractivity contribution < 1.29 is 9.53 Å². The maximum Gasteiger partial charge on any atom is 0.348 e. The van der Waals surface area contributed by atoms with Crippen LogP contribution >= 0.6 is 11.8 Å². The number of ether oxygens (including phenoxy) is 1. The van der Waals surface area contributed by atoms with E-state index in [1.54, 1.807) is 0 Å². The summed E-state index contributed by atoms with van der Waals surface area (Å²) in [5.74, 6) is 0.407. The van der Waals surface area contributed by atoms with Crippen molar-refractivity contribution in [2.24, 2.45) is 0 Å². The van der Waals surface area contributed by atoms with E-state index >= 15 is 0 Å².